The van der Waals surface area contributed by atoms with Crippen molar-refractivity contribution in [1.82, 2.24) is 9.80 Å². The quantitative estimate of drug-likeness (QED) is 0.680. The molecular formula is C14H26N4O2. The van der Waals surface area contributed by atoms with Crippen LogP contribution in [0, 0.1) is 17.2 Å². The first-order valence-corrected chi connectivity index (χ1v) is 7.38. The van der Waals surface area contributed by atoms with Gasteiger partial charge in [0.1, 0.15) is 0 Å². The normalized spacial score (nSPS) is 17.4. The van der Waals surface area contributed by atoms with E-state index in [-0.39, 0.29) is 11.8 Å². The van der Waals surface area contributed by atoms with Gasteiger partial charge in [0.05, 0.1) is 31.6 Å². The van der Waals surface area contributed by atoms with Crippen LogP contribution in [0.1, 0.15) is 19.8 Å². The lowest BCUT2D eigenvalue weighted by Gasteiger charge is -2.31. The molecule has 1 atom stereocenters. The summed E-state index contributed by atoms with van der Waals surface area (Å²) in [5.74, 6) is -0.0445. The molecule has 0 saturated carbocycles. The van der Waals surface area contributed by atoms with Crippen molar-refractivity contribution in [3.05, 3.63) is 0 Å². The third kappa shape index (κ3) is 5.45. The summed E-state index contributed by atoms with van der Waals surface area (Å²) in [4.78, 5) is 16.5. The maximum atomic E-state index is 12.4. The number of ether oxygens (including phenoxy) is 1. The fraction of sp³-hybridized carbons (Fsp3) is 0.857. The summed E-state index contributed by atoms with van der Waals surface area (Å²) >= 11 is 0. The topological polar surface area (TPSA) is 82.6 Å². The van der Waals surface area contributed by atoms with Gasteiger partial charge in [-0.1, -0.05) is 6.92 Å². The van der Waals surface area contributed by atoms with Crippen LogP contribution in [0.2, 0.25) is 0 Å². The van der Waals surface area contributed by atoms with Crippen LogP contribution in [0.4, 0.5) is 0 Å². The van der Waals surface area contributed by atoms with Crippen molar-refractivity contribution in [1.29, 1.82) is 5.26 Å². The van der Waals surface area contributed by atoms with E-state index in [0.717, 1.165) is 39.3 Å². The number of rotatable bonds is 8. The zero-order valence-electron chi connectivity index (χ0n) is 12.4. The Morgan fingerprint density at radius 2 is 2.15 bits per heavy atom. The molecule has 1 rings (SSSR count). The zero-order chi connectivity index (χ0) is 14.8. The van der Waals surface area contributed by atoms with Gasteiger partial charge in [-0.25, -0.2) is 0 Å². The molecule has 1 amide bonds. The van der Waals surface area contributed by atoms with Crippen molar-refractivity contribution in [3.8, 4) is 6.07 Å². The number of hydrogen-bond donors (Lipinski definition) is 1. The van der Waals surface area contributed by atoms with Crippen LogP contribution in [-0.2, 0) is 9.53 Å². The maximum Gasteiger partial charge on any atom is 0.227 e. The predicted molar refractivity (Wildman–Crippen MR) is 76.9 cm³/mol. The highest BCUT2D eigenvalue weighted by molar-refractivity contribution is 5.79. The third-order valence-electron chi connectivity index (χ3n) is 3.72. The van der Waals surface area contributed by atoms with E-state index in [9.17, 15) is 4.79 Å². The first-order chi connectivity index (χ1) is 9.72. The van der Waals surface area contributed by atoms with E-state index in [1.54, 1.807) is 4.90 Å². The summed E-state index contributed by atoms with van der Waals surface area (Å²) < 4.78 is 5.31. The summed E-state index contributed by atoms with van der Waals surface area (Å²) in [6, 6.07) is 2.11. The molecule has 0 aromatic carbocycles. The molecule has 2 N–H and O–H groups in total. The third-order valence-corrected chi connectivity index (χ3v) is 3.72. The highest BCUT2D eigenvalue weighted by Gasteiger charge is 2.22. The summed E-state index contributed by atoms with van der Waals surface area (Å²) in [5.41, 5.74) is 5.65. The monoisotopic (exact) mass is 282 g/mol. The van der Waals surface area contributed by atoms with Crippen molar-refractivity contribution < 1.29 is 9.53 Å². The number of carbonyl (C=O) groups excluding carboxylic acids is 1. The molecule has 6 nitrogen and oxygen atoms in total. The summed E-state index contributed by atoms with van der Waals surface area (Å²) in [6.07, 6.45) is 1.12. The number of morpholine rings is 1. The highest BCUT2D eigenvalue weighted by atomic mass is 16.5. The Labute approximate surface area is 121 Å². The van der Waals surface area contributed by atoms with Gasteiger partial charge in [0.25, 0.3) is 0 Å². The molecule has 20 heavy (non-hydrogen) atoms. The largest absolute Gasteiger partial charge is 0.379 e. The lowest BCUT2D eigenvalue weighted by atomic mass is 10.1. The minimum absolute atomic E-state index is 0.0820. The van der Waals surface area contributed by atoms with Crippen LogP contribution in [0.3, 0.4) is 0 Å². The van der Waals surface area contributed by atoms with Crippen LogP contribution >= 0.6 is 0 Å². The molecule has 0 radical (unpaired) electrons. The molecule has 1 fully saturated rings. The van der Waals surface area contributed by atoms with Crippen LogP contribution in [-0.4, -0.2) is 68.2 Å². The molecule has 1 heterocycles. The Bertz CT molecular complexity index is 320. The smallest absolute Gasteiger partial charge is 0.227 e. The van der Waals surface area contributed by atoms with E-state index in [2.05, 4.69) is 11.0 Å². The van der Waals surface area contributed by atoms with Gasteiger partial charge in [-0.3, -0.25) is 9.69 Å². The average molecular weight is 282 g/mol. The van der Waals surface area contributed by atoms with Crippen molar-refractivity contribution >= 4 is 5.91 Å². The first-order valence-electron chi connectivity index (χ1n) is 7.38. The second-order valence-corrected chi connectivity index (χ2v) is 5.03. The van der Waals surface area contributed by atoms with Crippen LogP contribution in [0.25, 0.3) is 0 Å². The Balaban J connectivity index is 2.49. The summed E-state index contributed by atoms with van der Waals surface area (Å²) in [6.45, 7) is 7.67. The minimum Gasteiger partial charge on any atom is -0.379 e. The molecule has 1 unspecified atom stereocenters. The van der Waals surface area contributed by atoms with Gasteiger partial charge in [-0.15, -0.1) is 0 Å². The summed E-state index contributed by atoms with van der Waals surface area (Å²) in [7, 11) is 0. The van der Waals surface area contributed by atoms with E-state index in [1.807, 2.05) is 6.92 Å². The van der Waals surface area contributed by atoms with Gasteiger partial charge in [-0.2, -0.15) is 5.26 Å². The van der Waals surface area contributed by atoms with E-state index >= 15 is 0 Å². The molecule has 1 aliphatic rings. The fourth-order valence-electron chi connectivity index (χ4n) is 2.30. The van der Waals surface area contributed by atoms with Crippen molar-refractivity contribution in [2.24, 2.45) is 11.7 Å². The number of nitrogens with two attached hydrogens (primary N) is 1. The Morgan fingerprint density at radius 3 is 2.70 bits per heavy atom. The van der Waals surface area contributed by atoms with Gasteiger partial charge in [-0.05, 0) is 6.42 Å². The number of hydrogen-bond acceptors (Lipinski definition) is 5. The average Bonchev–Trinajstić information content (AvgIpc) is 2.49. The molecule has 0 bridgehead atoms. The maximum absolute atomic E-state index is 12.4. The van der Waals surface area contributed by atoms with Crippen molar-refractivity contribution in [2.45, 2.75) is 19.8 Å². The van der Waals surface area contributed by atoms with E-state index in [4.69, 9.17) is 15.7 Å². The molecule has 114 valence electrons. The van der Waals surface area contributed by atoms with Gasteiger partial charge in [0, 0.05) is 39.3 Å². The molecule has 1 saturated heterocycles. The van der Waals surface area contributed by atoms with Gasteiger partial charge >= 0.3 is 0 Å². The predicted octanol–water partition coefficient (Wildman–Crippen LogP) is 0.0458. The Morgan fingerprint density at radius 1 is 1.45 bits per heavy atom. The molecule has 0 aromatic heterocycles. The SMILES string of the molecule is CCC(CN)C(=O)N(CCC#N)CCN1CCOCC1. The molecule has 0 aromatic rings. The number of nitrogens with zero attached hydrogens (tertiary/aromatic N) is 3. The standard InChI is InChI=1S/C14H26N4O2/c1-2-13(12-16)14(19)18(5-3-4-15)7-6-17-8-10-20-11-9-17/h13H,2-3,5-12,16H2,1H3. The second kappa shape index (κ2) is 9.70. The fourth-order valence-corrected chi connectivity index (χ4v) is 2.30. The highest BCUT2D eigenvalue weighted by Crippen LogP contribution is 2.08. The van der Waals surface area contributed by atoms with Crippen molar-refractivity contribution in [3.63, 3.8) is 0 Å². The van der Waals surface area contributed by atoms with Crippen molar-refractivity contribution in [2.75, 3.05) is 52.5 Å². The lowest BCUT2D eigenvalue weighted by Crippen LogP contribution is -2.45. The second-order valence-electron chi connectivity index (χ2n) is 5.03. The molecular weight excluding hydrogens is 256 g/mol. The molecule has 0 spiro atoms. The van der Waals surface area contributed by atoms with Gasteiger partial charge in [0.15, 0.2) is 0 Å². The number of nitriles is 1. The first kappa shape index (κ1) is 16.9. The number of carbonyl (C=O) groups is 1. The Kier molecular flexibility index (Phi) is 8.19. The number of amides is 1. The van der Waals surface area contributed by atoms with E-state index in [0.29, 0.717) is 26.1 Å². The minimum atomic E-state index is -0.126. The molecule has 6 heteroatoms. The van der Waals surface area contributed by atoms with E-state index in [1.165, 1.54) is 0 Å². The van der Waals surface area contributed by atoms with E-state index < -0.39 is 0 Å². The summed E-state index contributed by atoms with van der Waals surface area (Å²) in [5, 5.41) is 8.73. The molecule has 0 aliphatic carbocycles. The van der Waals surface area contributed by atoms with Crippen LogP contribution < -0.4 is 5.73 Å². The van der Waals surface area contributed by atoms with Crippen LogP contribution in [0.5, 0.6) is 0 Å². The molecule has 1 aliphatic heterocycles. The Hall–Kier alpha value is -1.16. The van der Waals surface area contributed by atoms with Gasteiger partial charge in [0.2, 0.25) is 5.91 Å². The van der Waals surface area contributed by atoms with Crippen LogP contribution in [0.15, 0.2) is 0 Å². The lowest BCUT2D eigenvalue weighted by molar-refractivity contribution is -0.135. The van der Waals surface area contributed by atoms with Gasteiger partial charge < -0.3 is 15.4 Å². The zero-order valence-corrected chi connectivity index (χ0v) is 12.4.